The number of hydrogen-bond acceptors (Lipinski definition) is 3. The van der Waals surface area contributed by atoms with E-state index in [2.05, 4.69) is 10.2 Å². The van der Waals surface area contributed by atoms with E-state index in [-0.39, 0.29) is 23.9 Å². The van der Waals surface area contributed by atoms with Gasteiger partial charge < -0.3 is 10.2 Å². The van der Waals surface area contributed by atoms with Gasteiger partial charge in [-0.25, -0.2) is 4.39 Å². The molecule has 0 bridgehead atoms. The molecule has 3 rings (SSSR count). The van der Waals surface area contributed by atoms with Crippen molar-refractivity contribution in [2.24, 2.45) is 5.92 Å². The average molecular weight is 403 g/mol. The molecule has 1 heterocycles. The van der Waals surface area contributed by atoms with Crippen molar-refractivity contribution in [2.75, 3.05) is 23.3 Å². The molecule has 1 amide bonds. The molecule has 0 unspecified atom stereocenters. The van der Waals surface area contributed by atoms with Gasteiger partial charge in [0.1, 0.15) is 11.6 Å². The molecule has 1 fully saturated rings. The molecule has 4 nitrogen and oxygen atoms in total. The van der Waals surface area contributed by atoms with Gasteiger partial charge in [-0.3, -0.25) is 9.59 Å². The SMILES string of the molecule is CC(=O)CC(=O)Nc1ccc(N2CCC(Cc3cccc(F)c3)CC2)c(Cl)c1. The fraction of sp³-hybridized carbons (Fsp3) is 0.364. The van der Waals surface area contributed by atoms with Crippen LogP contribution in [-0.2, 0) is 16.0 Å². The van der Waals surface area contributed by atoms with Crippen LogP contribution in [0.5, 0.6) is 0 Å². The molecule has 0 aliphatic carbocycles. The maximum absolute atomic E-state index is 13.4. The predicted octanol–water partition coefficient (Wildman–Crippen LogP) is 4.86. The lowest BCUT2D eigenvalue weighted by molar-refractivity contribution is -0.124. The van der Waals surface area contributed by atoms with Crippen LogP contribution < -0.4 is 10.2 Å². The minimum absolute atomic E-state index is 0.141. The standard InChI is InChI=1S/C22H24ClFN2O2/c1-15(27)11-22(28)25-19-5-6-21(20(23)14-19)26-9-7-16(8-10-26)12-17-3-2-4-18(24)13-17/h2-6,13-14,16H,7-12H2,1H3,(H,25,28). The number of nitrogens with zero attached hydrogens (tertiary/aromatic N) is 1. The van der Waals surface area contributed by atoms with E-state index in [1.54, 1.807) is 24.3 Å². The number of benzene rings is 2. The smallest absolute Gasteiger partial charge is 0.231 e. The van der Waals surface area contributed by atoms with Crippen LogP contribution in [0.3, 0.4) is 0 Å². The Balaban J connectivity index is 1.56. The summed E-state index contributed by atoms with van der Waals surface area (Å²) in [5.41, 5.74) is 2.57. The van der Waals surface area contributed by atoms with Crippen molar-refractivity contribution in [2.45, 2.75) is 32.6 Å². The van der Waals surface area contributed by atoms with Crippen LogP contribution in [0.4, 0.5) is 15.8 Å². The van der Waals surface area contributed by atoms with E-state index in [1.165, 1.54) is 13.0 Å². The summed E-state index contributed by atoms with van der Waals surface area (Å²) < 4.78 is 13.4. The molecular weight excluding hydrogens is 379 g/mol. The lowest BCUT2D eigenvalue weighted by Crippen LogP contribution is -2.34. The predicted molar refractivity (Wildman–Crippen MR) is 110 cm³/mol. The summed E-state index contributed by atoms with van der Waals surface area (Å²) in [6.45, 7) is 3.15. The molecule has 2 aromatic rings. The van der Waals surface area contributed by atoms with Gasteiger partial charge in [0.2, 0.25) is 5.91 Å². The summed E-state index contributed by atoms with van der Waals surface area (Å²) in [5.74, 6) is -0.171. The number of halogens is 2. The number of carbonyl (C=O) groups excluding carboxylic acids is 2. The number of hydrogen-bond donors (Lipinski definition) is 1. The molecule has 1 aliphatic rings. The first kappa shape index (κ1) is 20.3. The van der Waals surface area contributed by atoms with Gasteiger partial charge in [-0.1, -0.05) is 23.7 Å². The van der Waals surface area contributed by atoms with Crippen LogP contribution in [0.15, 0.2) is 42.5 Å². The lowest BCUT2D eigenvalue weighted by atomic mass is 9.90. The zero-order chi connectivity index (χ0) is 20.1. The molecule has 1 saturated heterocycles. The molecule has 1 N–H and O–H groups in total. The summed E-state index contributed by atoms with van der Waals surface area (Å²) in [7, 11) is 0. The van der Waals surface area contributed by atoms with Crippen molar-refractivity contribution < 1.29 is 14.0 Å². The molecule has 6 heteroatoms. The van der Waals surface area contributed by atoms with Gasteiger partial charge in [0, 0.05) is 18.8 Å². The first-order valence-electron chi connectivity index (χ1n) is 9.49. The third-order valence-electron chi connectivity index (χ3n) is 5.01. The maximum atomic E-state index is 13.4. The zero-order valence-electron chi connectivity index (χ0n) is 15.9. The highest BCUT2D eigenvalue weighted by Crippen LogP contribution is 2.32. The van der Waals surface area contributed by atoms with E-state index in [4.69, 9.17) is 11.6 Å². The van der Waals surface area contributed by atoms with Crippen LogP contribution in [0.25, 0.3) is 0 Å². The number of nitrogens with one attached hydrogen (secondary N) is 1. The van der Waals surface area contributed by atoms with E-state index < -0.39 is 0 Å². The molecule has 0 radical (unpaired) electrons. The third kappa shape index (κ3) is 5.55. The van der Waals surface area contributed by atoms with E-state index in [0.717, 1.165) is 43.6 Å². The average Bonchev–Trinajstić information content (AvgIpc) is 2.62. The second kappa shape index (κ2) is 9.20. The molecule has 0 aromatic heterocycles. The molecule has 2 aromatic carbocycles. The van der Waals surface area contributed by atoms with Crippen molar-refractivity contribution in [3.8, 4) is 0 Å². The topological polar surface area (TPSA) is 49.4 Å². The van der Waals surface area contributed by atoms with Gasteiger partial charge >= 0.3 is 0 Å². The minimum Gasteiger partial charge on any atom is -0.370 e. The summed E-state index contributed by atoms with van der Waals surface area (Å²) in [6, 6.07) is 12.2. The fourth-order valence-corrected chi connectivity index (χ4v) is 3.95. The number of rotatable bonds is 6. The Labute approximate surface area is 169 Å². The van der Waals surface area contributed by atoms with E-state index in [0.29, 0.717) is 16.6 Å². The lowest BCUT2D eigenvalue weighted by Gasteiger charge is -2.34. The van der Waals surface area contributed by atoms with Gasteiger partial charge in [-0.05, 0) is 68.0 Å². The van der Waals surface area contributed by atoms with Gasteiger partial charge in [0.05, 0.1) is 17.1 Å². The zero-order valence-corrected chi connectivity index (χ0v) is 16.6. The highest BCUT2D eigenvalue weighted by molar-refractivity contribution is 6.33. The van der Waals surface area contributed by atoms with Crippen LogP contribution in [-0.4, -0.2) is 24.8 Å². The van der Waals surface area contributed by atoms with Crippen molar-refractivity contribution >= 4 is 34.7 Å². The number of piperidine rings is 1. The Bertz CT molecular complexity index is 863. The number of amides is 1. The Morgan fingerprint density at radius 3 is 2.57 bits per heavy atom. The van der Waals surface area contributed by atoms with E-state index >= 15 is 0 Å². The summed E-state index contributed by atoms with van der Waals surface area (Å²) >= 11 is 6.43. The van der Waals surface area contributed by atoms with Crippen LogP contribution >= 0.6 is 11.6 Å². The van der Waals surface area contributed by atoms with Crippen molar-refractivity contribution in [1.82, 2.24) is 0 Å². The quantitative estimate of drug-likeness (QED) is 0.702. The summed E-state index contributed by atoms with van der Waals surface area (Å²) in [5, 5.41) is 3.26. The third-order valence-corrected chi connectivity index (χ3v) is 5.31. The van der Waals surface area contributed by atoms with Gasteiger partial charge in [-0.15, -0.1) is 0 Å². The van der Waals surface area contributed by atoms with E-state index in [9.17, 15) is 14.0 Å². The number of anilines is 2. The monoisotopic (exact) mass is 402 g/mol. The van der Waals surface area contributed by atoms with Gasteiger partial charge in [0.25, 0.3) is 0 Å². The van der Waals surface area contributed by atoms with Crippen LogP contribution in [0, 0.1) is 11.7 Å². The normalized spacial score (nSPS) is 14.8. The Kier molecular flexibility index (Phi) is 6.68. The summed E-state index contributed by atoms with van der Waals surface area (Å²) in [4.78, 5) is 25.0. The largest absolute Gasteiger partial charge is 0.370 e. The number of Topliss-reactive ketones (excluding diaryl/α,β-unsaturated/α-hetero) is 1. The Morgan fingerprint density at radius 1 is 1.18 bits per heavy atom. The fourth-order valence-electron chi connectivity index (χ4n) is 3.65. The van der Waals surface area contributed by atoms with Gasteiger partial charge in [-0.2, -0.15) is 0 Å². The molecule has 1 aliphatic heterocycles. The van der Waals surface area contributed by atoms with E-state index in [1.807, 2.05) is 12.1 Å². The minimum atomic E-state index is -0.338. The van der Waals surface area contributed by atoms with Gasteiger partial charge in [0.15, 0.2) is 0 Å². The molecular formula is C22H24ClFN2O2. The molecule has 28 heavy (non-hydrogen) atoms. The second-order valence-corrected chi connectivity index (χ2v) is 7.76. The highest BCUT2D eigenvalue weighted by Gasteiger charge is 2.21. The molecule has 0 spiro atoms. The van der Waals surface area contributed by atoms with Crippen LogP contribution in [0.1, 0.15) is 31.7 Å². The Hall–Kier alpha value is -2.40. The highest BCUT2D eigenvalue weighted by atomic mass is 35.5. The van der Waals surface area contributed by atoms with Crippen molar-refractivity contribution in [1.29, 1.82) is 0 Å². The Morgan fingerprint density at radius 2 is 1.93 bits per heavy atom. The van der Waals surface area contributed by atoms with Crippen molar-refractivity contribution in [3.63, 3.8) is 0 Å². The number of carbonyl (C=O) groups is 2. The number of ketones is 1. The van der Waals surface area contributed by atoms with Crippen LogP contribution in [0.2, 0.25) is 5.02 Å². The molecule has 0 saturated carbocycles. The first-order valence-corrected chi connectivity index (χ1v) is 9.87. The first-order chi connectivity index (χ1) is 13.4. The molecule has 0 atom stereocenters. The molecule has 148 valence electrons. The second-order valence-electron chi connectivity index (χ2n) is 7.36. The summed E-state index contributed by atoms with van der Waals surface area (Å²) in [6.07, 6.45) is 2.78. The maximum Gasteiger partial charge on any atom is 0.231 e. The van der Waals surface area contributed by atoms with Crippen molar-refractivity contribution in [3.05, 3.63) is 58.9 Å².